The first-order valence-corrected chi connectivity index (χ1v) is 6.84. The lowest BCUT2D eigenvalue weighted by Crippen LogP contribution is -2.28. The summed E-state index contributed by atoms with van der Waals surface area (Å²) in [5.41, 5.74) is 8.40. The van der Waals surface area contributed by atoms with E-state index in [1.54, 1.807) is 4.90 Å². The van der Waals surface area contributed by atoms with Crippen LogP contribution in [0.15, 0.2) is 12.1 Å². The van der Waals surface area contributed by atoms with E-state index in [0.29, 0.717) is 6.54 Å². The van der Waals surface area contributed by atoms with Gasteiger partial charge in [0.25, 0.3) is 0 Å². The first-order chi connectivity index (χ1) is 8.40. The molecule has 1 aliphatic heterocycles. The molecule has 2 rings (SSSR count). The topological polar surface area (TPSA) is 63.4 Å². The van der Waals surface area contributed by atoms with Crippen LogP contribution < -0.4 is 10.6 Å². The van der Waals surface area contributed by atoms with Gasteiger partial charge in [0.1, 0.15) is 0 Å². The van der Waals surface area contributed by atoms with Crippen molar-refractivity contribution < 1.29 is 9.59 Å². The normalized spacial score (nSPS) is 19.4. The molecular formula is C13H15IN2O2. The van der Waals surface area contributed by atoms with Crippen molar-refractivity contribution in [3.8, 4) is 0 Å². The van der Waals surface area contributed by atoms with Crippen molar-refractivity contribution in [1.29, 1.82) is 0 Å². The Morgan fingerprint density at radius 1 is 1.39 bits per heavy atom. The molecule has 0 aliphatic carbocycles. The summed E-state index contributed by atoms with van der Waals surface area (Å²) in [7, 11) is 0. The fourth-order valence-electron chi connectivity index (χ4n) is 2.23. The third kappa shape index (κ3) is 2.36. The Morgan fingerprint density at radius 2 is 1.94 bits per heavy atom. The molecule has 1 aliphatic rings. The number of carbonyl (C=O) groups excluding carboxylic acids is 2. The summed E-state index contributed by atoms with van der Waals surface area (Å²) in [6.07, 6.45) is 0.222. The van der Waals surface area contributed by atoms with Gasteiger partial charge in [0.15, 0.2) is 0 Å². The quantitative estimate of drug-likeness (QED) is 0.819. The van der Waals surface area contributed by atoms with Crippen molar-refractivity contribution in [3.63, 3.8) is 0 Å². The number of anilines is 1. The Hall–Kier alpha value is -1.11. The minimum absolute atomic E-state index is 0.0289. The summed E-state index contributed by atoms with van der Waals surface area (Å²) >= 11 is 2.29. The molecule has 18 heavy (non-hydrogen) atoms. The summed E-state index contributed by atoms with van der Waals surface area (Å²) in [6.45, 7) is 4.43. The van der Waals surface area contributed by atoms with Crippen LogP contribution in [-0.4, -0.2) is 18.4 Å². The molecular weight excluding hydrogens is 343 g/mol. The second kappa shape index (κ2) is 4.87. The van der Waals surface area contributed by atoms with Gasteiger partial charge in [0.05, 0.1) is 5.92 Å². The SMILES string of the molecule is Cc1cc(N2C[C@@H](C(N)=O)CC2=O)cc(C)c1I. The van der Waals surface area contributed by atoms with E-state index in [-0.39, 0.29) is 18.2 Å². The van der Waals surface area contributed by atoms with Crippen molar-refractivity contribution in [2.24, 2.45) is 11.7 Å². The van der Waals surface area contributed by atoms with Crippen molar-refractivity contribution in [3.05, 3.63) is 26.8 Å². The Morgan fingerprint density at radius 3 is 2.39 bits per heavy atom. The molecule has 2 N–H and O–H groups in total. The number of aryl methyl sites for hydroxylation is 2. The number of primary amides is 1. The van der Waals surface area contributed by atoms with Gasteiger partial charge in [-0.05, 0) is 59.7 Å². The van der Waals surface area contributed by atoms with Gasteiger partial charge in [-0.15, -0.1) is 0 Å². The smallest absolute Gasteiger partial charge is 0.227 e. The number of rotatable bonds is 2. The molecule has 1 aromatic carbocycles. The zero-order valence-electron chi connectivity index (χ0n) is 10.4. The van der Waals surface area contributed by atoms with E-state index in [4.69, 9.17) is 5.73 Å². The molecule has 2 amide bonds. The molecule has 1 aromatic rings. The molecule has 0 aromatic heterocycles. The maximum atomic E-state index is 11.9. The van der Waals surface area contributed by atoms with Crippen molar-refractivity contribution in [2.75, 3.05) is 11.4 Å². The van der Waals surface area contributed by atoms with Crippen molar-refractivity contribution in [2.45, 2.75) is 20.3 Å². The monoisotopic (exact) mass is 358 g/mol. The van der Waals surface area contributed by atoms with Crippen LogP contribution >= 0.6 is 22.6 Å². The molecule has 0 unspecified atom stereocenters. The fraction of sp³-hybridized carbons (Fsp3) is 0.385. The second-order valence-corrected chi connectivity index (χ2v) is 5.78. The Balaban J connectivity index is 2.33. The first-order valence-electron chi connectivity index (χ1n) is 5.76. The van der Waals surface area contributed by atoms with Gasteiger partial charge in [-0.25, -0.2) is 0 Å². The van der Waals surface area contributed by atoms with Crippen LogP contribution in [0, 0.1) is 23.3 Å². The summed E-state index contributed by atoms with van der Waals surface area (Å²) in [6, 6.07) is 3.96. The zero-order valence-corrected chi connectivity index (χ0v) is 12.5. The minimum Gasteiger partial charge on any atom is -0.369 e. The van der Waals surface area contributed by atoms with Crippen LogP contribution in [0.3, 0.4) is 0 Å². The maximum absolute atomic E-state index is 11.9. The lowest BCUT2D eigenvalue weighted by atomic mass is 10.1. The predicted molar refractivity (Wildman–Crippen MR) is 78.3 cm³/mol. The molecule has 1 saturated heterocycles. The van der Waals surface area contributed by atoms with E-state index in [0.717, 1.165) is 16.8 Å². The van der Waals surface area contributed by atoms with E-state index in [1.165, 1.54) is 3.57 Å². The van der Waals surface area contributed by atoms with Crippen molar-refractivity contribution in [1.82, 2.24) is 0 Å². The van der Waals surface area contributed by atoms with Gasteiger partial charge in [0.2, 0.25) is 11.8 Å². The standard InChI is InChI=1S/C13H15IN2O2/c1-7-3-10(4-8(2)12(7)14)16-6-9(13(15)18)5-11(16)17/h3-4,9H,5-6H2,1-2H3,(H2,15,18)/t9-/m0/s1. The molecule has 1 fully saturated rings. The largest absolute Gasteiger partial charge is 0.369 e. The van der Waals surface area contributed by atoms with Crippen LogP contribution in [0.2, 0.25) is 0 Å². The molecule has 0 spiro atoms. The van der Waals surface area contributed by atoms with E-state index in [2.05, 4.69) is 22.6 Å². The van der Waals surface area contributed by atoms with Crippen LogP contribution in [0.4, 0.5) is 5.69 Å². The minimum atomic E-state index is -0.398. The number of benzene rings is 1. The highest BCUT2D eigenvalue weighted by Gasteiger charge is 2.34. The lowest BCUT2D eigenvalue weighted by Gasteiger charge is -2.18. The lowest BCUT2D eigenvalue weighted by molar-refractivity contribution is -0.123. The molecule has 1 atom stereocenters. The van der Waals surface area contributed by atoms with Gasteiger partial charge in [-0.3, -0.25) is 9.59 Å². The molecule has 1 heterocycles. The maximum Gasteiger partial charge on any atom is 0.227 e. The average Bonchev–Trinajstić information content (AvgIpc) is 2.68. The predicted octanol–water partition coefficient (Wildman–Crippen LogP) is 1.75. The van der Waals surface area contributed by atoms with Gasteiger partial charge in [0, 0.05) is 22.2 Å². The zero-order chi connectivity index (χ0) is 13.4. The van der Waals surface area contributed by atoms with E-state index < -0.39 is 5.91 Å². The van der Waals surface area contributed by atoms with Crippen LogP contribution in [0.25, 0.3) is 0 Å². The van der Waals surface area contributed by atoms with Crippen molar-refractivity contribution >= 4 is 40.1 Å². The van der Waals surface area contributed by atoms with Crippen LogP contribution in [0.5, 0.6) is 0 Å². The molecule has 0 radical (unpaired) electrons. The molecule has 4 nitrogen and oxygen atoms in total. The first kappa shape index (κ1) is 13.3. The van der Waals surface area contributed by atoms with Gasteiger partial charge >= 0.3 is 0 Å². The van der Waals surface area contributed by atoms with E-state index in [1.807, 2.05) is 26.0 Å². The number of nitrogens with two attached hydrogens (primary N) is 1. The number of halogens is 1. The van der Waals surface area contributed by atoms with E-state index in [9.17, 15) is 9.59 Å². The van der Waals surface area contributed by atoms with Gasteiger partial charge in [-0.2, -0.15) is 0 Å². The number of amides is 2. The molecule has 96 valence electrons. The van der Waals surface area contributed by atoms with Gasteiger partial charge < -0.3 is 10.6 Å². The van der Waals surface area contributed by atoms with E-state index >= 15 is 0 Å². The number of carbonyl (C=O) groups is 2. The summed E-state index contributed by atoms with van der Waals surface area (Å²) in [5.74, 6) is -0.791. The Kier molecular flexibility index (Phi) is 3.61. The van der Waals surface area contributed by atoms with Crippen LogP contribution in [-0.2, 0) is 9.59 Å². The third-order valence-electron chi connectivity index (χ3n) is 3.26. The Bertz CT molecular complexity index is 505. The summed E-state index contributed by atoms with van der Waals surface area (Å²) in [5, 5.41) is 0. The third-order valence-corrected chi connectivity index (χ3v) is 4.96. The fourth-order valence-corrected chi connectivity index (χ4v) is 2.54. The molecule has 5 heteroatoms. The number of hydrogen-bond donors (Lipinski definition) is 1. The second-order valence-electron chi connectivity index (χ2n) is 4.70. The summed E-state index contributed by atoms with van der Waals surface area (Å²) < 4.78 is 1.20. The molecule has 0 saturated carbocycles. The molecule has 0 bridgehead atoms. The van der Waals surface area contributed by atoms with Gasteiger partial charge in [-0.1, -0.05) is 0 Å². The highest BCUT2D eigenvalue weighted by Crippen LogP contribution is 2.29. The summed E-state index contributed by atoms with van der Waals surface area (Å²) in [4.78, 5) is 24.7. The number of hydrogen-bond acceptors (Lipinski definition) is 2. The number of nitrogens with zero attached hydrogens (tertiary/aromatic N) is 1. The average molecular weight is 358 g/mol. The Labute approximate surface area is 120 Å². The highest BCUT2D eigenvalue weighted by atomic mass is 127. The van der Waals surface area contributed by atoms with Crippen LogP contribution in [0.1, 0.15) is 17.5 Å². The highest BCUT2D eigenvalue weighted by molar-refractivity contribution is 14.1.